The minimum Gasteiger partial charge on any atom is -0.351 e. The second-order valence-corrected chi connectivity index (χ2v) is 4.64. The number of nitrogens with one attached hydrogen (secondary N) is 1. The highest BCUT2D eigenvalue weighted by Gasteiger charge is 2.35. The summed E-state index contributed by atoms with van der Waals surface area (Å²) in [6.07, 6.45) is 4.30. The van der Waals surface area contributed by atoms with Gasteiger partial charge in [0.2, 0.25) is 5.95 Å². The summed E-state index contributed by atoms with van der Waals surface area (Å²) in [5.74, 6) is 1.58. The van der Waals surface area contributed by atoms with E-state index in [9.17, 15) is 0 Å². The summed E-state index contributed by atoms with van der Waals surface area (Å²) in [6, 6.07) is 0.598. The molecular formula is C10H14BrN3. The Hall–Kier alpha value is -0.640. The Morgan fingerprint density at radius 2 is 2.43 bits per heavy atom. The second kappa shape index (κ2) is 3.85. The molecule has 0 bridgehead atoms. The fourth-order valence-corrected chi connectivity index (χ4v) is 1.75. The van der Waals surface area contributed by atoms with Crippen LogP contribution in [0.5, 0.6) is 0 Å². The third-order valence-corrected chi connectivity index (χ3v) is 3.46. The van der Waals surface area contributed by atoms with Gasteiger partial charge in [0.25, 0.3) is 0 Å². The lowest BCUT2D eigenvalue weighted by Gasteiger charge is -2.04. The SMILES string of the molecule is CCC1CC1Nc1ncc(Br)c(C)n1. The molecule has 3 nitrogen and oxygen atoms in total. The van der Waals surface area contributed by atoms with Crippen LogP contribution in [-0.4, -0.2) is 16.0 Å². The molecule has 0 saturated heterocycles. The first-order chi connectivity index (χ1) is 6.70. The zero-order valence-electron chi connectivity index (χ0n) is 8.42. The summed E-state index contributed by atoms with van der Waals surface area (Å²) in [4.78, 5) is 8.57. The minimum absolute atomic E-state index is 0.598. The number of hydrogen-bond acceptors (Lipinski definition) is 3. The van der Waals surface area contributed by atoms with Crippen LogP contribution in [0.4, 0.5) is 5.95 Å². The van der Waals surface area contributed by atoms with Gasteiger partial charge in [-0.3, -0.25) is 0 Å². The molecule has 2 atom stereocenters. The van der Waals surface area contributed by atoms with Gasteiger partial charge < -0.3 is 5.32 Å². The summed E-state index contributed by atoms with van der Waals surface area (Å²) >= 11 is 3.38. The van der Waals surface area contributed by atoms with E-state index in [1.807, 2.05) is 6.92 Å². The van der Waals surface area contributed by atoms with E-state index < -0.39 is 0 Å². The topological polar surface area (TPSA) is 37.8 Å². The van der Waals surface area contributed by atoms with Crippen molar-refractivity contribution in [2.75, 3.05) is 5.32 Å². The van der Waals surface area contributed by atoms with Crippen LogP contribution in [0.25, 0.3) is 0 Å². The zero-order valence-corrected chi connectivity index (χ0v) is 10.0. The van der Waals surface area contributed by atoms with Crippen LogP contribution < -0.4 is 5.32 Å². The Morgan fingerprint density at radius 3 is 3.00 bits per heavy atom. The third-order valence-electron chi connectivity index (χ3n) is 2.68. The van der Waals surface area contributed by atoms with Crippen molar-refractivity contribution in [2.45, 2.75) is 32.7 Å². The Bertz CT molecular complexity index is 340. The fourth-order valence-electron chi connectivity index (χ4n) is 1.56. The van der Waals surface area contributed by atoms with E-state index in [0.29, 0.717) is 6.04 Å². The second-order valence-electron chi connectivity index (χ2n) is 3.78. The smallest absolute Gasteiger partial charge is 0.223 e. The van der Waals surface area contributed by atoms with Gasteiger partial charge in [-0.1, -0.05) is 13.3 Å². The highest BCUT2D eigenvalue weighted by atomic mass is 79.9. The van der Waals surface area contributed by atoms with Gasteiger partial charge in [0, 0.05) is 12.2 Å². The molecule has 0 spiro atoms. The summed E-state index contributed by atoms with van der Waals surface area (Å²) in [5.41, 5.74) is 0.983. The summed E-state index contributed by atoms with van der Waals surface area (Å²) < 4.78 is 0.964. The number of hydrogen-bond donors (Lipinski definition) is 1. The van der Waals surface area contributed by atoms with Gasteiger partial charge >= 0.3 is 0 Å². The maximum Gasteiger partial charge on any atom is 0.223 e. The van der Waals surface area contributed by atoms with Gasteiger partial charge in [0.05, 0.1) is 10.2 Å². The molecule has 1 aliphatic carbocycles. The number of aryl methyl sites for hydroxylation is 1. The van der Waals surface area contributed by atoms with Crippen molar-refractivity contribution >= 4 is 21.9 Å². The molecule has 1 aromatic heterocycles. The molecule has 1 saturated carbocycles. The van der Waals surface area contributed by atoms with Crippen LogP contribution in [-0.2, 0) is 0 Å². The molecule has 1 fully saturated rings. The summed E-state index contributed by atoms with van der Waals surface area (Å²) in [6.45, 7) is 4.20. The lowest BCUT2D eigenvalue weighted by molar-refractivity contribution is 0.771. The van der Waals surface area contributed by atoms with E-state index in [2.05, 4.69) is 38.1 Å². The Labute approximate surface area is 92.5 Å². The normalized spacial score (nSPS) is 24.8. The van der Waals surface area contributed by atoms with Gasteiger partial charge in [-0.25, -0.2) is 9.97 Å². The molecular weight excluding hydrogens is 242 g/mol. The van der Waals surface area contributed by atoms with Crippen molar-refractivity contribution in [3.63, 3.8) is 0 Å². The minimum atomic E-state index is 0.598. The van der Waals surface area contributed by atoms with Crippen molar-refractivity contribution in [2.24, 2.45) is 5.92 Å². The van der Waals surface area contributed by atoms with Gasteiger partial charge in [-0.2, -0.15) is 0 Å². The first-order valence-corrected chi connectivity index (χ1v) is 5.75. The average molecular weight is 256 g/mol. The van der Waals surface area contributed by atoms with Crippen LogP contribution in [0.2, 0.25) is 0 Å². The quantitative estimate of drug-likeness (QED) is 0.903. The first kappa shape index (κ1) is 9.90. The van der Waals surface area contributed by atoms with Gasteiger partial charge in [-0.15, -0.1) is 0 Å². The van der Waals surface area contributed by atoms with Gasteiger partial charge in [-0.05, 0) is 35.2 Å². The monoisotopic (exact) mass is 255 g/mol. The molecule has 0 radical (unpaired) electrons. The Balaban J connectivity index is 2.00. The number of anilines is 1. The summed E-state index contributed by atoms with van der Waals surface area (Å²) in [5, 5.41) is 3.34. The molecule has 0 aromatic carbocycles. The molecule has 1 N–H and O–H groups in total. The molecule has 2 rings (SSSR count). The number of halogens is 1. The number of aromatic nitrogens is 2. The van der Waals surface area contributed by atoms with Crippen LogP contribution in [0.15, 0.2) is 10.7 Å². The van der Waals surface area contributed by atoms with Crippen LogP contribution in [0.3, 0.4) is 0 Å². The van der Waals surface area contributed by atoms with Crippen molar-refractivity contribution in [1.29, 1.82) is 0 Å². The van der Waals surface area contributed by atoms with Gasteiger partial charge in [0.1, 0.15) is 0 Å². The molecule has 76 valence electrons. The molecule has 1 heterocycles. The van der Waals surface area contributed by atoms with E-state index in [-0.39, 0.29) is 0 Å². The predicted molar refractivity (Wildman–Crippen MR) is 60.3 cm³/mol. The zero-order chi connectivity index (χ0) is 10.1. The standard InChI is InChI=1S/C10H14BrN3/c1-3-7-4-9(7)14-10-12-5-8(11)6(2)13-10/h5,7,9H,3-4H2,1-2H3,(H,12,13,14). The first-order valence-electron chi connectivity index (χ1n) is 4.96. The largest absolute Gasteiger partial charge is 0.351 e. The molecule has 1 aromatic rings. The van der Waals surface area contributed by atoms with Crippen LogP contribution in [0, 0.1) is 12.8 Å². The highest BCUT2D eigenvalue weighted by Crippen LogP contribution is 2.35. The lowest BCUT2D eigenvalue weighted by atomic mass is 10.3. The van der Waals surface area contributed by atoms with E-state index in [1.165, 1.54) is 12.8 Å². The Morgan fingerprint density at radius 1 is 1.64 bits per heavy atom. The summed E-state index contributed by atoms with van der Waals surface area (Å²) in [7, 11) is 0. The van der Waals surface area contributed by atoms with Crippen LogP contribution >= 0.6 is 15.9 Å². The Kier molecular flexibility index (Phi) is 2.72. The van der Waals surface area contributed by atoms with Crippen LogP contribution in [0.1, 0.15) is 25.5 Å². The molecule has 14 heavy (non-hydrogen) atoms. The fraction of sp³-hybridized carbons (Fsp3) is 0.600. The highest BCUT2D eigenvalue weighted by molar-refractivity contribution is 9.10. The third kappa shape index (κ3) is 2.05. The molecule has 1 aliphatic rings. The predicted octanol–water partition coefficient (Wildman–Crippen LogP) is 2.76. The van der Waals surface area contributed by atoms with E-state index in [4.69, 9.17) is 0 Å². The molecule has 2 unspecified atom stereocenters. The maximum absolute atomic E-state index is 4.35. The van der Waals surface area contributed by atoms with E-state index in [0.717, 1.165) is 22.0 Å². The lowest BCUT2D eigenvalue weighted by Crippen LogP contribution is -2.08. The van der Waals surface area contributed by atoms with Crippen molar-refractivity contribution in [1.82, 2.24) is 9.97 Å². The van der Waals surface area contributed by atoms with Gasteiger partial charge in [0.15, 0.2) is 0 Å². The molecule has 4 heteroatoms. The maximum atomic E-state index is 4.35. The van der Waals surface area contributed by atoms with E-state index >= 15 is 0 Å². The molecule has 0 aliphatic heterocycles. The van der Waals surface area contributed by atoms with Crippen molar-refractivity contribution < 1.29 is 0 Å². The van der Waals surface area contributed by atoms with Crippen molar-refractivity contribution in [3.05, 3.63) is 16.4 Å². The van der Waals surface area contributed by atoms with E-state index in [1.54, 1.807) is 6.20 Å². The number of nitrogens with zero attached hydrogens (tertiary/aromatic N) is 2. The molecule has 0 amide bonds. The van der Waals surface area contributed by atoms with Crippen molar-refractivity contribution in [3.8, 4) is 0 Å². The average Bonchev–Trinajstić information content (AvgIpc) is 2.90. The number of rotatable bonds is 3.